The quantitative estimate of drug-likeness (QED) is 0.668. The maximum atomic E-state index is 11.3. The third-order valence-corrected chi connectivity index (χ3v) is 3.97. The van der Waals surface area contributed by atoms with Crippen LogP contribution < -0.4 is 10.0 Å². The summed E-state index contributed by atoms with van der Waals surface area (Å²) >= 11 is 0. The Morgan fingerprint density at radius 1 is 1.38 bits per heavy atom. The molecular formula is C14H23ClN2O3S. The van der Waals surface area contributed by atoms with Crippen LogP contribution in [0.2, 0.25) is 0 Å². The maximum absolute atomic E-state index is 11.3. The molecule has 1 aromatic rings. The molecule has 1 aliphatic carbocycles. The van der Waals surface area contributed by atoms with Crippen LogP contribution in [0.25, 0.3) is 0 Å². The average molecular weight is 335 g/mol. The number of sulfonamides is 1. The first kappa shape index (κ1) is 18.1. The number of anilines is 1. The van der Waals surface area contributed by atoms with Gasteiger partial charge in [0.05, 0.1) is 11.9 Å². The minimum Gasteiger partial charge on any atom is -0.506 e. The lowest BCUT2D eigenvalue weighted by Crippen LogP contribution is -2.32. The second kappa shape index (κ2) is 7.33. The molecule has 1 saturated carbocycles. The van der Waals surface area contributed by atoms with E-state index in [1.165, 1.54) is 18.9 Å². The standard InChI is InChI=1S/C14H22N2O3S.ClH/c1-3-11(15-12-5-6-12)8-10-4-7-14(17)13(9-10)16-20(2,18)19;/h4,7,9,11-12,15-17H,3,5-6,8H2,1-2H3;1H. The molecule has 3 N–H and O–H groups in total. The van der Waals surface area contributed by atoms with Gasteiger partial charge in [-0.1, -0.05) is 13.0 Å². The average Bonchev–Trinajstić information content (AvgIpc) is 3.14. The summed E-state index contributed by atoms with van der Waals surface area (Å²) in [6.07, 6.45) is 5.40. The summed E-state index contributed by atoms with van der Waals surface area (Å²) in [5, 5.41) is 13.3. The highest BCUT2D eigenvalue weighted by Gasteiger charge is 2.24. The molecule has 1 unspecified atom stereocenters. The number of nitrogens with one attached hydrogen (secondary N) is 2. The van der Waals surface area contributed by atoms with Gasteiger partial charge >= 0.3 is 0 Å². The summed E-state index contributed by atoms with van der Waals surface area (Å²) in [5.41, 5.74) is 1.25. The first-order valence-electron chi connectivity index (χ1n) is 6.93. The van der Waals surface area contributed by atoms with Gasteiger partial charge in [0.2, 0.25) is 10.0 Å². The molecule has 5 nitrogen and oxygen atoms in total. The summed E-state index contributed by atoms with van der Waals surface area (Å²) in [7, 11) is -3.39. The fourth-order valence-corrected chi connectivity index (χ4v) is 2.74. The van der Waals surface area contributed by atoms with Gasteiger partial charge in [-0.3, -0.25) is 4.72 Å². The molecule has 1 aliphatic rings. The van der Waals surface area contributed by atoms with Crippen molar-refractivity contribution in [2.45, 2.75) is 44.7 Å². The molecule has 0 aromatic heterocycles. The van der Waals surface area contributed by atoms with Crippen LogP contribution in [0.1, 0.15) is 31.7 Å². The van der Waals surface area contributed by atoms with E-state index in [1.54, 1.807) is 6.07 Å². The molecule has 0 saturated heterocycles. The van der Waals surface area contributed by atoms with Gasteiger partial charge in [0.25, 0.3) is 0 Å². The molecule has 0 aliphatic heterocycles. The Hall–Kier alpha value is -0.980. The Morgan fingerprint density at radius 3 is 2.57 bits per heavy atom. The van der Waals surface area contributed by atoms with Crippen molar-refractivity contribution in [3.63, 3.8) is 0 Å². The highest BCUT2D eigenvalue weighted by molar-refractivity contribution is 7.92. The van der Waals surface area contributed by atoms with Crippen molar-refractivity contribution in [1.29, 1.82) is 0 Å². The highest BCUT2D eigenvalue weighted by Crippen LogP contribution is 2.26. The fraction of sp³-hybridized carbons (Fsp3) is 0.571. The molecule has 1 atom stereocenters. The zero-order valence-electron chi connectivity index (χ0n) is 12.3. The lowest BCUT2D eigenvalue weighted by Gasteiger charge is -2.17. The van der Waals surface area contributed by atoms with Crippen LogP contribution in [0.5, 0.6) is 5.75 Å². The van der Waals surface area contributed by atoms with Crippen molar-refractivity contribution in [2.75, 3.05) is 11.0 Å². The smallest absolute Gasteiger partial charge is 0.229 e. The lowest BCUT2D eigenvalue weighted by atomic mass is 10.0. The molecule has 0 heterocycles. The summed E-state index contributed by atoms with van der Waals surface area (Å²) in [6, 6.07) is 6.10. The third-order valence-electron chi connectivity index (χ3n) is 3.38. The molecule has 21 heavy (non-hydrogen) atoms. The molecule has 1 fully saturated rings. The molecule has 2 rings (SSSR count). The second-order valence-corrected chi connectivity index (χ2v) is 7.22. The molecule has 120 valence electrons. The van der Waals surface area contributed by atoms with Gasteiger partial charge in [-0.2, -0.15) is 0 Å². The van der Waals surface area contributed by atoms with E-state index in [0.717, 1.165) is 24.7 Å². The number of phenolic OH excluding ortho intramolecular Hbond substituents is 1. The van der Waals surface area contributed by atoms with Crippen molar-refractivity contribution in [3.8, 4) is 5.75 Å². The number of aromatic hydroxyl groups is 1. The van der Waals surface area contributed by atoms with E-state index in [9.17, 15) is 13.5 Å². The van der Waals surface area contributed by atoms with Crippen molar-refractivity contribution < 1.29 is 13.5 Å². The minimum absolute atomic E-state index is 0. The Balaban J connectivity index is 0.00000220. The largest absolute Gasteiger partial charge is 0.506 e. The number of rotatable bonds is 7. The normalized spacial score (nSPS) is 16.1. The fourth-order valence-electron chi connectivity index (χ4n) is 2.18. The van der Waals surface area contributed by atoms with Gasteiger partial charge in [-0.15, -0.1) is 12.4 Å². The van der Waals surface area contributed by atoms with E-state index in [-0.39, 0.29) is 23.8 Å². The summed E-state index contributed by atoms with van der Waals surface area (Å²) in [4.78, 5) is 0. The van der Waals surface area contributed by atoms with Crippen LogP contribution in [0.3, 0.4) is 0 Å². The number of phenols is 1. The topological polar surface area (TPSA) is 78.4 Å². The minimum atomic E-state index is -3.39. The van der Waals surface area contributed by atoms with Gasteiger partial charge in [0, 0.05) is 12.1 Å². The molecule has 0 spiro atoms. The van der Waals surface area contributed by atoms with Gasteiger partial charge in [-0.05, 0) is 43.4 Å². The Morgan fingerprint density at radius 2 is 2.05 bits per heavy atom. The molecule has 0 amide bonds. The predicted molar refractivity (Wildman–Crippen MR) is 87.8 cm³/mol. The zero-order chi connectivity index (χ0) is 14.8. The van der Waals surface area contributed by atoms with Crippen LogP contribution in [-0.2, 0) is 16.4 Å². The number of halogens is 1. The molecule has 0 bridgehead atoms. The zero-order valence-corrected chi connectivity index (χ0v) is 13.9. The third kappa shape index (κ3) is 6.11. The van der Waals surface area contributed by atoms with Gasteiger partial charge in [-0.25, -0.2) is 8.42 Å². The van der Waals surface area contributed by atoms with Crippen molar-refractivity contribution in [2.24, 2.45) is 0 Å². The van der Waals surface area contributed by atoms with E-state index in [2.05, 4.69) is 17.0 Å². The van der Waals surface area contributed by atoms with Crippen LogP contribution >= 0.6 is 12.4 Å². The molecular weight excluding hydrogens is 312 g/mol. The predicted octanol–water partition coefficient (Wildman–Crippen LogP) is 2.26. The Kier molecular flexibility index (Phi) is 6.31. The lowest BCUT2D eigenvalue weighted by molar-refractivity contribution is 0.475. The SMILES string of the molecule is CCC(Cc1ccc(O)c(NS(C)(=O)=O)c1)NC1CC1.Cl. The van der Waals surface area contributed by atoms with E-state index in [1.807, 2.05) is 6.07 Å². The van der Waals surface area contributed by atoms with E-state index in [0.29, 0.717) is 12.1 Å². The van der Waals surface area contributed by atoms with Crippen molar-refractivity contribution in [3.05, 3.63) is 23.8 Å². The van der Waals surface area contributed by atoms with E-state index in [4.69, 9.17) is 0 Å². The summed E-state index contributed by atoms with van der Waals surface area (Å²) in [5.74, 6) is -0.0534. The van der Waals surface area contributed by atoms with E-state index >= 15 is 0 Å². The highest BCUT2D eigenvalue weighted by atomic mass is 35.5. The maximum Gasteiger partial charge on any atom is 0.229 e. The molecule has 7 heteroatoms. The molecule has 1 aromatic carbocycles. The summed E-state index contributed by atoms with van der Waals surface area (Å²) < 4.78 is 24.9. The van der Waals surface area contributed by atoms with Crippen molar-refractivity contribution >= 4 is 28.1 Å². The van der Waals surface area contributed by atoms with Crippen LogP contribution in [0, 0.1) is 0 Å². The van der Waals surface area contributed by atoms with E-state index < -0.39 is 10.0 Å². The van der Waals surface area contributed by atoms with Gasteiger partial charge < -0.3 is 10.4 Å². The monoisotopic (exact) mass is 334 g/mol. The summed E-state index contributed by atoms with van der Waals surface area (Å²) in [6.45, 7) is 2.14. The first-order chi connectivity index (χ1) is 9.37. The Bertz CT molecular complexity index is 574. The van der Waals surface area contributed by atoms with Crippen LogP contribution in [0.4, 0.5) is 5.69 Å². The van der Waals surface area contributed by atoms with Crippen molar-refractivity contribution in [1.82, 2.24) is 5.32 Å². The number of benzene rings is 1. The van der Waals surface area contributed by atoms with Gasteiger partial charge in [0.15, 0.2) is 0 Å². The molecule has 0 radical (unpaired) electrons. The number of hydrogen-bond donors (Lipinski definition) is 3. The van der Waals surface area contributed by atoms with Crippen LogP contribution in [0.15, 0.2) is 18.2 Å². The van der Waals surface area contributed by atoms with Crippen LogP contribution in [-0.4, -0.2) is 31.9 Å². The Labute approximate surface area is 132 Å². The second-order valence-electron chi connectivity index (χ2n) is 5.48. The first-order valence-corrected chi connectivity index (χ1v) is 8.82. The number of hydrogen-bond acceptors (Lipinski definition) is 4. The van der Waals surface area contributed by atoms with Gasteiger partial charge in [0.1, 0.15) is 5.75 Å².